The topological polar surface area (TPSA) is 48.1 Å². The number of fused-ring (bicyclic) bond motifs is 1. The van der Waals surface area contributed by atoms with Gasteiger partial charge in [0.2, 0.25) is 0 Å². The van der Waals surface area contributed by atoms with Gasteiger partial charge in [0.25, 0.3) is 0 Å². The second-order valence-electron chi connectivity index (χ2n) is 8.45. The predicted molar refractivity (Wildman–Crippen MR) is 118 cm³/mol. The third kappa shape index (κ3) is 3.49. The maximum Gasteiger partial charge on any atom is 0.150 e. The minimum absolute atomic E-state index is 0.593. The van der Waals surface area contributed by atoms with Crippen LogP contribution in [0.15, 0.2) is 24.7 Å². The van der Waals surface area contributed by atoms with E-state index in [1.54, 1.807) is 0 Å². The van der Waals surface area contributed by atoms with Crippen LogP contribution in [0, 0.1) is 6.92 Å². The van der Waals surface area contributed by atoms with E-state index in [9.17, 15) is 0 Å². The number of nitrogens with zero attached hydrogens (tertiary/aromatic N) is 5. The highest BCUT2D eigenvalue weighted by Crippen LogP contribution is 2.38. The minimum atomic E-state index is 0.593. The van der Waals surface area contributed by atoms with E-state index in [0.717, 1.165) is 54.8 Å². The maximum absolute atomic E-state index is 5.52. The predicted octanol–water partition coefficient (Wildman–Crippen LogP) is 3.80. The third-order valence-corrected chi connectivity index (χ3v) is 7.21. The van der Waals surface area contributed by atoms with Crippen molar-refractivity contribution in [3.05, 3.63) is 35.9 Å². The average molecular weight is 412 g/mol. The molecule has 0 amide bonds. The van der Waals surface area contributed by atoms with E-state index in [2.05, 4.69) is 48.2 Å². The van der Waals surface area contributed by atoms with Crippen LogP contribution in [0.2, 0.25) is 0 Å². The van der Waals surface area contributed by atoms with E-state index in [0.29, 0.717) is 5.92 Å². The molecule has 29 heavy (non-hydrogen) atoms. The van der Waals surface area contributed by atoms with Crippen molar-refractivity contribution in [1.82, 2.24) is 23.6 Å². The number of thiol groups is 1. The van der Waals surface area contributed by atoms with Crippen LogP contribution in [0.25, 0.3) is 22.2 Å². The number of hydrogen-bond donors (Lipinski definition) is 1. The molecule has 0 unspecified atom stereocenters. The third-order valence-electron chi connectivity index (χ3n) is 6.90. The van der Waals surface area contributed by atoms with Crippen molar-refractivity contribution in [2.45, 2.75) is 44.6 Å². The molecule has 0 bridgehead atoms. The summed E-state index contributed by atoms with van der Waals surface area (Å²) in [4.78, 5) is 7.41. The van der Waals surface area contributed by atoms with Crippen molar-refractivity contribution < 1.29 is 4.74 Å². The molecule has 3 aromatic rings. The fraction of sp³-hybridized carbons (Fsp3) is 0.545. The van der Waals surface area contributed by atoms with Crippen molar-refractivity contribution in [3.8, 4) is 11.1 Å². The molecule has 0 spiro atoms. The standard InChI is InChI=1S/C22H29N5OS/c1-15-20(13-24-25(15)2)21-14-27(29)22-19(21)11-17(12-23-22)16-3-5-18(6-4-16)26-7-9-28-10-8-26/h11-14,16,18,29H,3-10H2,1-2H3/t16-,18+. The molecule has 0 atom stereocenters. The molecule has 6 nitrogen and oxygen atoms in total. The summed E-state index contributed by atoms with van der Waals surface area (Å²) in [5.41, 5.74) is 5.75. The first-order chi connectivity index (χ1) is 14.1. The fourth-order valence-corrected chi connectivity index (χ4v) is 5.30. The van der Waals surface area contributed by atoms with Gasteiger partial charge in [-0.25, -0.2) is 4.98 Å². The van der Waals surface area contributed by atoms with Crippen molar-refractivity contribution in [2.75, 3.05) is 26.3 Å². The smallest absolute Gasteiger partial charge is 0.150 e. The second kappa shape index (κ2) is 7.78. The molecule has 5 rings (SSSR count). The summed E-state index contributed by atoms with van der Waals surface area (Å²) in [6.07, 6.45) is 11.1. The van der Waals surface area contributed by atoms with Crippen molar-refractivity contribution in [2.24, 2.45) is 7.05 Å². The maximum atomic E-state index is 5.52. The van der Waals surface area contributed by atoms with E-state index >= 15 is 0 Å². The molecule has 1 aliphatic carbocycles. The van der Waals surface area contributed by atoms with E-state index in [4.69, 9.17) is 9.72 Å². The van der Waals surface area contributed by atoms with Crippen LogP contribution in [0.3, 0.4) is 0 Å². The monoisotopic (exact) mass is 411 g/mol. The Kier molecular flexibility index (Phi) is 5.14. The quantitative estimate of drug-likeness (QED) is 0.666. The van der Waals surface area contributed by atoms with Crippen molar-refractivity contribution in [1.29, 1.82) is 0 Å². The minimum Gasteiger partial charge on any atom is -0.379 e. The van der Waals surface area contributed by atoms with Gasteiger partial charge in [-0.3, -0.25) is 13.6 Å². The summed E-state index contributed by atoms with van der Waals surface area (Å²) in [7, 11) is 1.98. The first kappa shape index (κ1) is 19.2. The largest absolute Gasteiger partial charge is 0.379 e. The molecule has 4 heterocycles. The number of pyridine rings is 1. The Bertz CT molecular complexity index is 1010. The first-order valence-corrected chi connectivity index (χ1v) is 11.0. The number of hydrogen-bond acceptors (Lipinski definition) is 5. The normalized spacial score (nSPS) is 23.7. The van der Waals surface area contributed by atoms with Crippen LogP contribution in [-0.2, 0) is 11.8 Å². The molecule has 2 fully saturated rings. The van der Waals surface area contributed by atoms with Gasteiger partial charge < -0.3 is 4.74 Å². The zero-order valence-corrected chi connectivity index (χ0v) is 18.1. The fourth-order valence-electron chi connectivity index (χ4n) is 5.03. The van der Waals surface area contributed by atoms with Crippen LogP contribution < -0.4 is 0 Å². The van der Waals surface area contributed by atoms with E-state index in [1.807, 2.05) is 21.9 Å². The van der Waals surface area contributed by atoms with Gasteiger partial charge in [0.05, 0.1) is 19.4 Å². The van der Waals surface area contributed by atoms with Gasteiger partial charge in [0.1, 0.15) is 5.65 Å². The molecular formula is C22H29N5OS. The molecule has 0 aromatic carbocycles. The Morgan fingerprint density at radius 1 is 1.07 bits per heavy atom. The summed E-state index contributed by atoms with van der Waals surface area (Å²) >= 11 is 4.61. The number of morpholine rings is 1. The van der Waals surface area contributed by atoms with Crippen LogP contribution in [0.1, 0.15) is 42.9 Å². The Morgan fingerprint density at radius 2 is 1.83 bits per heavy atom. The number of aryl methyl sites for hydroxylation is 1. The number of ether oxygens (including phenoxy) is 1. The zero-order chi connectivity index (χ0) is 20.0. The highest BCUT2D eigenvalue weighted by molar-refractivity contribution is 7.78. The van der Waals surface area contributed by atoms with E-state index < -0.39 is 0 Å². The van der Waals surface area contributed by atoms with Gasteiger partial charge in [-0.2, -0.15) is 5.10 Å². The molecule has 154 valence electrons. The highest BCUT2D eigenvalue weighted by atomic mass is 32.1. The van der Waals surface area contributed by atoms with Gasteiger partial charge in [0.15, 0.2) is 0 Å². The molecule has 0 N–H and O–H groups in total. The van der Waals surface area contributed by atoms with Crippen molar-refractivity contribution in [3.63, 3.8) is 0 Å². The number of rotatable bonds is 3. The summed E-state index contributed by atoms with van der Waals surface area (Å²) in [6.45, 7) is 6.06. The molecule has 1 saturated heterocycles. The molecule has 1 aliphatic heterocycles. The van der Waals surface area contributed by atoms with Crippen LogP contribution in [0.5, 0.6) is 0 Å². The van der Waals surface area contributed by atoms with Gasteiger partial charge in [-0.1, -0.05) is 12.8 Å². The van der Waals surface area contributed by atoms with E-state index in [-0.39, 0.29) is 0 Å². The Hall–Kier alpha value is -1.83. The lowest BCUT2D eigenvalue weighted by molar-refractivity contribution is 0.00729. The Morgan fingerprint density at radius 3 is 2.52 bits per heavy atom. The van der Waals surface area contributed by atoms with Crippen molar-refractivity contribution >= 4 is 23.8 Å². The molecule has 3 aromatic heterocycles. The van der Waals surface area contributed by atoms with Crippen LogP contribution in [-0.4, -0.2) is 56.0 Å². The lowest BCUT2D eigenvalue weighted by Gasteiger charge is -2.38. The lowest BCUT2D eigenvalue weighted by Crippen LogP contribution is -2.44. The van der Waals surface area contributed by atoms with Gasteiger partial charge in [0, 0.05) is 60.8 Å². The summed E-state index contributed by atoms with van der Waals surface area (Å²) in [6, 6.07) is 3.07. The highest BCUT2D eigenvalue weighted by Gasteiger charge is 2.28. The molecule has 2 aliphatic rings. The second-order valence-corrected chi connectivity index (χ2v) is 8.88. The van der Waals surface area contributed by atoms with Gasteiger partial charge in [-0.05, 0) is 50.2 Å². The van der Waals surface area contributed by atoms with E-state index in [1.165, 1.54) is 36.6 Å². The molecule has 1 saturated carbocycles. The van der Waals surface area contributed by atoms with Gasteiger partial charge >= 0.3 is 0 Å². The van der Waals surface area contributed by atoms with Crippen LogP contribution in [0.4, 0.5) is 0 Å². The molecule has 7 heteroatoms. The Labute approximate surface area is 177 Å². The number of aromatic nitrogens is 4. The van der Waals surface area contributed by atoms with Crippen LogP contribution >= 0.6 is 12.8 Å². The molecular weight excluding hydrogens is 382 g/mol. The first-order valence-electron chi connectivity index (χ1n) is 10.6. The zero-order valence-electron chi connectivity index (χ0n) is 17.2. The SMILES string of the molecule is Cc1c(-c2cn(S)c3ncc([C@H]4CC[C@@H](N5CCOCC5)CC4)cc23)cnn1C. The lowest BCUT2D eigenvalue weighted by atomic mass is 9.81. The summed E-state index contributed by atoms with van der Waals surface area (Å²) in [5.74, 6) is 0.593. The summed E-state index contributed by atoms with van der Waals surface area (Å²) < 4.78 is 9.26. The summed E-state index contributed by atoms with van der Waals surface area (Å²) in [5, 5.41) is 5.59. The average Bonchev–Trinajstić information content (AvgIpc) is 3.27. The Balaban J connectivity index is 1.40. The van der Waals surface area contributed by atoms with Gasteiger partial charge in [-0.15, -0.1) is 0 Å². The molecule has 0 radical (unpaired) electrons.